The van der Waals surface area contributed by atoms with Crippen LogP contribution in [0.4, 0.5) is 0 Å². The van der Waals surface area contributed by atoms with Crippen molar-refractivity contribution in [1.29, 1.82) is 0 Å². The first kappa shape index (κ1) is 11.6. The Morgan fingerprint density at radius 2 is 2.45 bits per heavy atom. The summed E-state index contributed by atoms with van der Waals surface area (Å²) in [6, 6.07) is 1.54. The second-order valence-electron chi connectivity index (χ2n) is 3.71. The van der Waals surface area contributed by atoms with Gasteiger partial charge >= 0.3 is 5.69 Å². The SMILES string of the molecule is [3H]n1ccc(OCc2c(-n3nnn(C)c3=O)noc2I)n1. The third kappa shape index (κ3) is 2.19. The Morgan fingerprint density at radius 1 is 1.60 bits per heavy atom. The van der Waals surface area contributed by atoms with Gasteiger partial charge in [-0.3, -0.25) is 5.09 Å². The van der Waals surface area contributed by atoms with Crippen molar-refractivity contribution in [3.8, 4) is 11.7 Å². The predicted molar refractivity (Wildman–Crippen MR) is 72.3 cm³/mol. The van der Waals surface area contributed by atoms with E-state index in [2.05, 4.69) is 20.7 Å². The number of hydrogen-bond acceptors (Lipinski definition) is 7. The fraction of sp³-hybridized carbons (Fsp3) is 0.222. The lowest BCUT2D eigenvalue weighted by Crippen LogP contribution is -2.23. The largest absolute Gasteiger partial charge is 0.471 e. The van der Waals surface area contributed by atoms with Crippen LogP contribution in [0.15, 0.2) is 21.6 Å². The number of tetrazole rings is 1. The van der Waals surface area contributed by atoms with Crippen LogP contribution in [0.3, 0.4) is 0 Å². The molecule has 1 N–H and O–H groups in total. The van der Waals surface area contributed by atoms with Gasteiger partial charge in [0.2, 0.25) is 15.5 Å². The number of hydrogen-bond donors (Lipinski definition) is 1. The average Bonchev–Trinajstić information content (AvgIpc) is 3.11. The third-order valence-corrected chi connectivity index (χ3v) is 3.29. The maximum atomic E-state index is 11.8. The Morgan fingerprint density at radius 3 is 3.10 bits per heavy atom. The molecule has 0 atom stereocenters. The maximum absolute atomic E-state index is 11.8. The molecular formula is C9H8IN7O3. The zero-order chi connectivity index (χ0) is 15.0. The van der Waals surface area contributed by atoms with Crippen LogP contribution in [0.5, 0.6) is 5.88 Å². The highest BCUT2D eigenvalue weighted by Gasteiger charge is 2.20. The number of nitrogens with one attached hydrogen (secondary N) is 1. The number of rotatable bonds is 4. The van der Waals surface area contributed by atoms with Gasteiger partial charge < -0.3 is 9.26 Å². The molecule has 3 rings (SSSR count). The second-order valence-corrected chi connectivity index (χ2v) is 4.69. The molecule has 0 aliphatic carbocycles. The highest BCUT2D eigenvalue weighted by atomic mass is 127. The molecule has 0 fully saturated rings. The molecule has 3 aromatic heterocycles. The molecule has 0 bridgehead atoms. The van der Waals surface area contributed by atoms with Gasteiger partial charge in [0.1, 0.15) is 6.61 Å². The van der Waals surface area contributed by atoms with E-state index in [1.54, 1.807) is 6.07 Å². The minimum atomic E-state index is -0.448. The van der Waals surface area contributed by atoms with Crippen molar-refractivity contribution >= 4 is 22.6 Å². The van der Waals surface area contributed by atoms with Crippen molar-refractivity contribution in [3.05, 3.63) is 32.1 Å². The molecule has 11 heteroatoms. The van der Waals surface area contributed by atoms with Gasteiger partial charge in [-0.2, -0.15) is 4.68 Å². The summed E-state index contributed by atoms with van der Waals surface area (Å²) < 4.78 is 20.3. The fourth-order valence-electron chi connectivity index (χ4n) is 1.46. The number of aryl methyl sites for hydroxylation is 1. The van der Waals surface area contributed by atoms with Gasteiger partial charge in [-0.15, -0.1) is 9.78 Å². The van der Waals surface area contributed by atoms with E-state index >= 15 is 0 Å². The van der Waals surface area contributed by atoms with Crippen molar-refractivity contribution in [1.82, 2.24) is 35.1 Å². The molecule has 0 unspecified atom stereocenters. The molecule has 0 amide bonds. The number of ether oxygens (including phenoxy) is 1. The molecule has 0 aliphatic rings. The van der Waals surface area contributed by atoms with Crippen LogP contribution in [-0.4, -0.2) is 35.1 Å². The van der Waals surface area contributed by atoms with Crippen LogP contribution in [0.25, 0.3) is 5.82 Å². The van der Waals surface area contributed by atoms with Crippen molar-refractivity contribution < 1.29 is 10.7 Å². The quantitative estimate of drug-likeness (QED) is 0.616. The molecule has 0 aliphatic heterocycles. The van der Waals surface area contributed by atoms with Crippen LogP contribution in [-0.2, 0) is 13.7 Å². The molecule has 3 heterocycles. The minimum Gasteiger partial charge on any atom is -0.471 e. The Hall–Kier alpha value is -2.18. The molecule has 3 aromatic rings. The number of nitrogens with zero attached hydrogens (tertiary/aromatic N) is 6. The van der Waals surface area contributed by atoms with Crippen LogP contribution < -0.4 is 10.4 Å². The molecule has 0 saturated carbocycles. The van der Waals surface area contributed by atoms with E-state index in [0.717, 1.165) is 14.5 Å². The third-order valence-electron chi connectivity index (χ3n) is 2.45. The van der Waals surface area contributed by atoms with E-state index in [-0.39, 0.29) is 18.3 Å². The first-order chi connectivity index (χ1) is 10.1. The molecule has 0 saturated heterocycles. The highest BCUT2D eigenvalue weighted by molar-refractivity contribution is 14.1. The Kier molecular flexibility index (Phi) is 2.95. The van der Waals surface area contributed by atoms with Crippen LogP contribution in [0.1, 0.15) is 5.56 Å². The summed E-state index contributed by atoms with van der Waals surface area (Å²) in [6.07, 6.45) is 1.43. The molecule has 0 aromatic carbocycles. The lowest BCUT2D eigenvalue weighted by molar-refractivity contribution is 0.289. The smallest absolute Gasteiger partial charge is 0.369 e. The normalized spacial score (nSPS) is 11.6. The van der Waals surface area contributed by atoms with Crippen molar-refractivity contribution in [2.45, 2.75) is 6.61 Å². The topological polar surface area (TPSA) is 117 Å². The summed E-state index contributed by atoms with van der Waals surface area (Å²) in [4.78, 5) is 11.8. The predicted octanol–water partition coefficient (Wildman–Crippen LogP) is -0.139. The van der Waals surface area contributed by atoms with Crippen molar-refractivity contribution in [2.24, 2.45) is 7.05 Å². The molecular weight excluding hydrogens is 381 g/mol. The molecule has 10 nitrogen and oxygen atoms in total. The molecule has 0 spiro atoms. The Labute approximate surface area is 126 Å². The lowest BCUT2D eigenvalue weighted by atomic mass is 10.3. The van der Waals surface area contributed by atoms with E-state index in [1.807, 2.05) is 22.6 Å². The van der Waals surface area contributed by atoms with Gasteiger partial charge in [0.25, 0.3) is 0 Å². The highest BCUT2D eigenvalue weighted by Crippen LogP contribution is 2.20. The second kappa shape index (κ2) is 5.07. The van der Waals surface area contributed by atoms with Gasteiger partial charge in [0.15, 0.2) is 1.41 Å². The number of aromatic amines is 1. The van der Waals surface area contributed by atoms with E-state index in [1.165, 1.54) is 13.2 Å². The summed E-state index contributed by atoms with van der Waals surface area (Å²) in [7, 11) is 1.48. The summed E-state index contributed by atoms with van der Waals surface area (Å²) >= 11 is 1.93. The standard InChI is InChI=1S/C9H8IN7O3/c1-16-9(18)17(15-14-16)8-5(7(10)20-13-8)4-19-6-2-3-11-12-6/h2-3H,4H2,1H3,(H,11,12)/i/hT. The molecule has 20 heavy (non-hydrogen) atoms. The van der Waals surface area contributed by atoms with E-state index in [9.17, 15) is 4.79 Å². The monoisotopic (exact) mass is 391 g/mol. The van der Waals surface area contributed by atoms with Gasteiger partial charge in [-0.05, 0) is 10.4 Å². The van der Waals surface area contributed by atoms with Crippen LogP contribution >= 0.6 is 22.6 Å². The van der Waals surface area contributed by atoms with Gasteiger partial charge in [-0.1, -0.05) is 5.16 Å². The Balaban J connectivity index is 1.90. The molecule has 0 radical (unpaired) electrons. The summed E-state index contributed by atoms with van der Waals surface area (Å²) in [5, 5.41) is 15.8. The summed E-state index contributed by atoms with van der Waals surface area (Å²) in [5.41, 5.74) is 0.0918. The fourth-order valence-corrected chi connectivity index (χ4v) is 1.95. The maximum Gasteiger partial charge on any atom is 0.369 e. The summed E-state index contributed by atoms with van der Waals surface area (Å²) in [5.74, 6) is 0.488. The first-order valence-electron chi connectivity index (χ1n) is 5.82. The van der Waals surface area contributed by atoms with E-state index in [0.29, 0.717) is 9.33 Å². The number of aromatic nitrogens is 7. The molecule has 104 valence electrons. The minimum absolute atomic E-state index is 0.0666. The van der Waals surface area contributed by atoms with Gasteiger partial charge in [0.05, 0.1) is 5.56 Å². The lowest BCUT2D eigenvalue weighted by Gasteiger charge is -2.01. The van der Waals surface area contributed by atoms with E-state index < -0.39 is 5.69 Å². The van der Waals surface area contributed by atoms with Crippen molar-refractivity contribution in [3.63, 3.8) is 0 Å². The zero-order valence-corrected chi connectivity index (χ0v) is 12.3. The van der Waals surface area contributed by atoms with Crippen LogP contribution in [0.2, 0.25) is 1.41 Å². The first-order valence-corrected chi connectivity index (χ1v) is 6.45. The van der Waals surface area contributed by atoms with Gasteiger partial charge in [-0.25, -0.2) is 4.79 Å². The Bertz CT molecular complexity index is 835. The number of H-pyrrole nitrogens is 1. The average molecular weight is 391 g/mol. The van der Waals surface area contributed by atoms with Crippen LogP contribution in [0, 0.1) is 3.77 Å². The van der Waals surface area contributed by atoms with Gasteiger partial charge in [0, 0.05) is 41.9 Å². The van der Waals surface area contributed by atoms with E-state index in [4.69, 9.17) is 10.7 Å². The van der Waals surface area contributed by atoms with Crippen molar-refractivity contribution in [2.75, 3.05) is 0 Å². The summed E-state index contributed by atoms with van der Waals surface area (Å²) in [6.45, 7) is 0.0666. The zero-order valence-electron chi connectivity index (χ0n) is 11.1. The number of halogens is 1.